The molecule has 1 aromatic carbocycles. The van der Waals surface area contributed by atoms with Gasteiger partial charge in [0.2, 0.25) is 11.8 Å². The van der Waals surface area contributed by atoms with E-state index < -0.39 is 0 Å². The van der Waals surface area contributed by atoms with Gasteiger partial charge < -0.3 is 19.4 Å². The van der Waals surface area contributed by atoms with Crippen LogP contribution in [0, 0.1) is 19.8 Å². The third-order valence-electron chi connectivity index (χ3n) is 5.92. The van der Waals surface area contributed by atoms with Crippen molar-refractivity contribution < 1.29 is 19.1 Å². The van der Waals surface area contributed by atoms with Crippen molar-refractivity contribution in [3.8, 4) is 5.75 Å². The van der Waals surface area contributed by atoms with E-state index in [1.807, 2.05) is 45.9 Å². The molecule has 7 nitrogen and oxygen atoms in total. The van der Waals surface area contributed by atoms with Gasteiger partial charge in [-0.15, -0.1) is 0 Å². The zero-order valence-corrected chi connectivity index (χ0v) is 17.8. The molecule has 0 radical (unpaired) electrons. The SMILES string of the molecule is Cc1ccc(OCC(=O)N2CCN(C(=O)C3CC(=O)N(C(C)C)C3)CC2)cc1C. The minimum atomic E-state index is -0.264. The summed E-state index contributed by atoms with van der Waals surface area (Å²) in [6.45, 7) is 10.5. The average Bonchev–Trinajstić information content (AvgIpc) is 3.10. The number of ether oxygens (including phenoxy) is 1. The lowest BCUT2D eigenvalue weighted by Crippen LogP contribution is -2.53. The van der Waals surface area contributed by atoms with Crippen molar-refractivity contribution >= 4 is 17.7 Å². The smallest absolute Gasteiger partial charge is 0.260 e. The van der Waals surface area contributed by atoms with Gasteiger partial charge in [-0.2, -0.15) is 0 Å². The number of hydrogen-bond donors (Lipinski definition) is 0. The zero-order chi connectivity index (χ0) is 21.1. The highest BCUT2D eigenvalue weighted by molar-refractivity contribution is 5.89. The van der Waals surface area contributed by atoms with Gasteiger partial charge in [-0.3, -0.25) is 14.4 Å². The van der Waals surface area contributed by atoms with Crippen LogP contribution >= 0.6 is 0 Å². The van der Waals surface area contributed by atoms with E-state index in [1.54, 1.807) is 14.7 Å². The summed E-state index contributed by atoms with van der Waals surface area (Å²) < 4.78 is 5.64. The van der Waals surface area contributed by atoms with Gasteiger partial charge in [0.1, 0.15) is 5.75 Å². The van der Waals surface area contributed by atoms with Crippen molar-refractivity contribution in [2.45, 2.75) is 40.2 Å². The lowest BCUT2D eigenvalue weighted by Gasteiger charge is -2.36. The first-order valence-corrected chi connectivity index (χ1v) is 10.3. The fraction of sp³-hybridized carbons (Fsp3) is 0.591. The van der Waals surface area contributed by atoms with Crippen molar-refractivity contribution in [2.75, 3.05) is 39.3 Å². The van der Waals surface area contributed by atoms with Crippen LogP contribution in [-0.2, 0) is 14.4 Å². The van der Waals surface area contributed by atoms with E-state index in [1.165, 1.54) is 5.56 Å². The van der Waals surface area contributed by atoms with Crippen LogP contribution in [0.25, 0.3) is 0 Å². The minimum Gasteiger partial charge on any atom is -0.484 e. The van der Waals surface area contributed by atoms with E-state index in [4.69, 9.17) is 4.74 Å². The van der Waals surface area contributed by atoms with Crippen molar-refractivity contribution in [3.63, 3.8) is 0 Å². The number of piperazine rings is 1. The Morgan fingerprint density at radius 1 is 1.07 bits per heavy atom. The van der Waals surface area contributed by atoms with Crippen molar-refractivity contribution in [2.24, 2.45) is 5.92 Å². The van der Waals surface area contributed by atoms with Gasteiger partial charge in [0.05, 0.1) is 5.92 Å². The summed E-state index contributed by atoms with van der Waals surface area (Å²) in [6, 6.07) is 5.90. The maximum atomic E-state index is 12.8. The van der Waals surface area contributed by atoms with E-state index in [0.717, 1.165) is 5.56 Å². The highest BCUT2D eigenvalue weighted by atomic mass is 16.5. The van der Waals surface area contributed by atoms with Gasteiger partial charge in [-0.25, -0.2) is 0 Å². The minimum absolute atomic E-state index is 0.00305. The predicted molar refractivity (Wildman–Crippen MR) is 110 cm³/mol. The summed E-state index contributed by atoms with van der Waals surface area (Å²) >= 11 is 0. The first kappa shape index (κ1) is 21.1. The molecule has 0 N–H and O–H groups in total. The molecule has 0 spiro atoms. The Balaban J connectivity index is 1.46. The maximum absolute atomic E-state index is 12.8. The summed E-state index contributed by atoms with van der Waals surface area (Å²) in [6.07, 6.45) is 0.292. The monoisotopic (exact) mass is 401 g/mol. The lowest BCUT2D eigenvalue weighted by molar-refractivity contribution is -0.142. The Bertz CT molecular complexity index is 784. The Kier molecular flexibility index (Phi) is 6.45. The molecule has 158 valence electrons. The highest BCUT2D eigenvalue weighted by Crippen LogP contribution is 2.23. The second-order valence-corrected chi connectivity index (χ2v) is 8.28. The van der Waals surface area contributed by atoms with Crippen LogP contribution in [-0.4, -0.2) is 77.8 Å². The molecule has 2 saturated heterocycles. The molecule has 3 rings (SSSR count). The topological polar surface area (TPSA) is 70.2 Å². The van der Waals surface area contributed by atoms with Gasteiger partial charge in [0, 0.05) is 45.2 Å². The second-order valence-electron chi connectivity index (χ2n) is 8.28. The van der Waals surface area contributed by atoms with Crippen molar-refractivity contribution in [1.82, 2.24) is 14.7 Å². The number of benzene rings is 1. The van der Waals surface area contributed by atoms with Crippen LogP contribution < -0.4 is 4.74 Å². The Labute approximate surface area is 172 Å². The van der Waals surface area contributed by atoms with E-state index >= 15 is 0 Å². The standard InChI is InChI=1S/C22H31N3O4/c1-15(2)25-13-18(12-20(25)26)22(28)24-9-7-23(8-10-24)21(27)14-29-19-6-5-16(3)17(4)11-19/h5-6,11,15,18H,7-10,12-14H2,1-4H3. The molecule has 0 bridgehead atoms. The number of amides is 3. The van der Waals surface area contributed by atoms with Crippen LogP contribution in [0.2, 0.25) is 0 Å². The summed E-state index contributed by atoms with van der Waals surface area (Å²) in [4.78, 5) is 42.6. The number of likely N-dealkylation sites (tertiary alicyclic amines) is 1. The molecule has 1 aromatic rings. The Morgan fingerprint density at radius 3 is 2.31 bits per heavy atom. The van der Waals surface area contributed by atoms with Gasteiger partial charge in [-0.1, -0.05) is 6.07 Å². The molecule has 2 fully saturated rings. The molecular weight excluding hydrogens is 370 g/mol. The van der Waals surface area contributed by atoms with Crippen molar-refractivity contribution in [1.29, 1.82) is 0 Å². The quantitative estimate of drug-likeness (QED) is 0.752. The number of aryl methyl sites for hydroxylation is 2. The van der Waals surface area contributed by atoms with Crippen LogP contribution in [0.4, 0.5) is 0 Å². The van der Waals surface area contributed by atoms with E-state index in [2.05, 4.69) is 0 Å². The molecule has 7 heteroatoms. The third kappa shape index (κ3) is 4.89. The number of hydrogen-bond acceptors (Lipinski definition) is 4. The number of carbonyl (C=O) groups is 3. The lowest BCUT2D eigenvalue weighted by atomic mass is 10.1. The third-order valence-corrected chi connectivity index (χ3v) is 5.92. The first-order chi connectivity index (χ1) is 13.8. The van der Waals surface area contributed by atoms with Crippen LogP contribution in [0.15, 0.2) is 18.2 Å². The Hall–Kier alpha value is -2.57. The fourth-order valence-electron chi connectivity index (χ4n) is 3.87. The number of nitrogens with zero attached hydrogens (tertiary/aromatic N) is 3. The molecule has 0 aromatic heterocycles. The van der Waals surface area contributed by atoms with Gasteiger partial charge >= 0.3 is 0 Å². The number of carbonyl (C=O) groups excluding carboxylic acids is 3. The zero-order valence-electron chi connectivity index (χ0n) is 17.8. The summed E-state index contributed by atoms with van der Waals surface area (Å²) in [5.41, 5.74) is 2.31. The van der Waals surface area contributed by atoms with Crippen molar-refractivity contribution in [3.05, 3.63) is 29.3 Å². The summed E-state index contributed by atoms with van der Waals surface area (Å²) in [5.74, 6) is 0.434. The van der Waals surface area contributed by atoms with E-state index in [0.29, 0.717) is 44.9 Å². The molecule has 0 saturated carbocycles. The molecule has 1 unspecified atom stereocenters. The molecule has 29 heavy (non-hydrogen) atoms. The van der Waals surface area contributed by atoms with E-state index in [-0.39, 0.29) is 36.3 Å². The molecule has 2 aliphatic rings. The van der Waals surface area contributed by atoms with E-state index in [9.17, 15) is 14.4 Å². The molecule has 2 heterocycles. The summed E-state index contributed by atoms with van der Waals surface area (Å²) in [5, 5.41) is 0. The first-order valence-electron chi connectivity index (χ1n) is 10.3. The maximum Gasteiger partial charge on any atom is 0.260 e. The second kappa shape index (κ2) is 8.84. The summed E-state index contributed by atoms with van der Waals surface area (Å²) in [7, 11) is 0. The molecule has 0 aliphatic carbocycles. The predicted octanol–water partition coefficient (Wildman–Crippen LogP) is 1.61. The van der Waals surface area contributed by atoms with Gasteiger partial charge in [0.25, 0.3) is 5.91 Å². The fourth-order valence-corrected chi connectivity index (χ4v) is 3.87. The number of rotatable bonds is 5. The normalized spacial score (nSPS) is 19.8. The van der Waals surface area contributed by atoms with Gasteiger partial charge in [-0.05, 0) is 51.0 Å². The van der Waals surface area contributed by atoms with Crippen LogP contribution in [0.3, 0.4) is 0 Å². The molecule has 3 amide bonds. The largest absolute Gasteiger partial charge is 0.484 e. The highest BCUT2D eigenvalue weighted by Gasteiger charge is 2.38. The molecule has 2 aliphatic heterocycles. The van der Waals surface area contributed by atoms with Crippen LogP contribution in [0.5, 0.6) is 5.75 Å². The Morgan fingerprint density at radius 2 is 1.72 bits per heavy atom. The average molecular weight is 402 g/mol. The van der Waals surface area contributed by atoms with Gasteiger partial charge in [0.15, 0.2) is 6.61 Å². The molecular formula is C22H31N3O4. The molecule has 1 atom stereocenters. The van der Waals surface area contributed by atoms with Crippen LogP contribution in [0.1, 0.15) is 31.4 Å².